The molecule has 13 nitrogen and oxygen atoms in total. The van der Waals surface area contributed by atoms with Crippen LogP contribution in [0.5, 0.6) is 34.5 Å². The molecular weight excluding hydrogens is 1100 g/mol. The van der Waals surface area contributed by atoms with E-state index in [0.29, 0.717) is 99.7 Å². The molecule has 0 aliphatic carbocycles. The number of carbonyl (C=O) groups excluding carboxylic acids is 3. The Morgan fingerprint density at radius 1 is 0.409 bits per heavy atom. The fourth-order valence-corrected chi connectivity index (χ4v) is 10.6. The second kappa shape index (κ2) is 28.6. The maximum Gasteiger partial charge on any atom is 0.225 e. The van der Waals surface area contributed by atoms with E-state index in [1.165, 1.54) is 22.3 Å². The first kappa shape index (κ1) is 63.4. The molecule has 2 atom stereocenters. The van der Waals surface area contributed by atoms with Crippen molar-refractivity contribution in [3.8, 4) is 34.5 Å². The molecule has 0 spiro atoms. The van der Waals surface area contributed by atoms with Crippen LogP contribution >= 0.6 is 0 Å². The van der Waals surface area contributed by atoms with E-state index in [4.69, 9.17) is 28.4 Å². The average Bonchev–Trinajstić information content (AvgIpc) is 3.67. The summed E-state index contributed by atoms with van der Waals surface area (Å²) in [6.45, 7) is 25.1. The van der Waals surface area contributed by atoms with Crippen LogP contribution in [-0.2, 0) is 37.0 Å². The summed E-state index contributed by atoms with van der Waals surface area (Å²) in [7, 11) is 0. The second-order valence-corrected chi connectivity index (χ2v) is 25.6. The van der Waals surface area contributed by atoms with Crippen molar-refractivity contribution in [1.29, 1.82) is 0 Å². The molecule has 0 fully saturated rings. The Bertz CT molecular complexity index is 3640. The van der Waals surface area contributed by atoms with Crippen LogP contribution in [0, 0.1) is 6.92 Å². The number of rotatable bonds is 14. The van der Waals surface area contributed by atoms with E-state index in [9.17, 15) is 14.4 Å². The quantitative estimate of drug-likeness (QED) is 0.0958. The molecule has 0 saturated carbocycles. The van der Waals surface area contributed by atoms with Crippen LogP contribution in [0.3, 0.4) is 0 Å². The lowest BCUT2D eigenvalue weighted by Crippen LogP contribution is -2.18. The highest BCUT2D eigenvalue weighted by molar-refractivity contribution is 5.93. The van der Waals surface area contributed by atoms with Gasteiger partial charge in [0.2, 0.25) is 17.7 Å². The molecule has 7 aromatic carbocycles. The van der Waals surface area contributed by atoms with Crippen molar-refractivity contribution in [2.24, 2.45) is 0 Å². The minimum absolute atomic E-state index is 0.0124. The number of hydrogen-bond donors (Lipinski definition) is 3. The van der Waals surface area contributed by atoms with Crippen LogP contribution in [0.25, 0.3) is 0 Å². The van der Waals surface area contributed by atoms with Gasteiger partial charge in [-0.05, 0) is 129 Å². The average molecular weight is 1190 g/mol. The number of nitrogens with zero attached hydrogens (tertiary/aromatic N) is 1. The van der Waals surface area contributed by atoms with Crippen LogP contribution in [0.15, 0.2) is 176 Å². The van der Waals surface area contributed by atoms with Gasteiger partial charge in [-0.15, -0.1) is 0 Å². The molecule has 1 aromatic heterocycles. The summed E-state index contributed by atoms with van der Waals surface area (Å²) < 4.78 is 33.5. The molecule has 0 radical (unpaired) electrons. The molecule has 8 aromatic rings. The van der Waals surface area contributed by atoms with Gasteiger partial charge < -0.3 is 44.4 Å². The maximum absolute atomic E-state index is 13.1. The molecule has 458 valence electrons. The highest BCUT2D eigenvalue weighted by Gasteiger charge is 2.24. The van der Waals surface area contributed by atoms with E-state index in [1.54, 1.807) is 6.20 Å². The number of nitrogens with one attached hydrogen (secondary N) is 3. The normalized spacial score (nSPS) is 13.8. The van der Waals surface area contributed by atoms with Crippen molar-refractivity contribution in [1.82, 2.24) is 4.98 Å². The number of benzene rings is 7. The fraction of sp³-hybridized carbons (Fsp3) is 0.333. The molecule has 11 rings (SSSR count). The number of anilines is 3. The zero-order chi connectivity index (χ0) is 62.4. The van der Waals surface area contributed by atoms with Gasteiger partial charge in [-0.3, -0.25) is 19.4 Å². The lowest BCUT2D eigenvalue weighted by Gasteiger charge is -2.22. The smallest absolute Gasteiger partial charge is 0.225 e. The number of ether oxygens (including phenoxy) is 6. The largest absolute Gasteiger partial charge is 0.486 e. The predicted molar refractivity (Wildman–Crippen MR) is 350 cm³/mol. The topological polar surface area (TPSA) is 156 Å². The monoisotopic (exact) mass is 1180 g/mol. The minimum atomic E-state index is -0.0834. The first-order valence-electron chi connectivity index (χ1n) is 30.5. The Hall–Kier alpha value is -9.10. The van der Waals surface area contributed by atoms with Gasteiger partial charge in [0.05, 0.1) is 0 Å². The molecule has 3 aliphatic heterocycles. The number of fused-ring (bicyclic) bond motifs is 3. The zero-order valence-electron chi connectivity index (χ0n) is 52.6. The van der Waals surface area contributed by atoms with Crippen LogP contribution in [0.4, 0.5) is 17.1 Å². The number of pyridine rings is 1. The van der Waals surface area contributed by atoms with Gasteiger partial charge >= 0.3 is 0 Å². The van der Waals surface area contributed by atoms with Gasteiger partial charge in [0.25, 0.3) is 0 Å². The lowest BCUT2D eigenvalue weighted by molar-refractivity contribution is -0.117. The Labute approximate surface area is 519 Å². The van der Waals surface area contributed by atoms with Crippen molar-refractivity contribution in [2.45, 2.75) is 123 Å². The SMILES string of the molecule is CC(C)(C)c1ccc(C(CC(=O)Nc2ccc3c(c2)OCCO3)c2cccnc2)cc1.CC(C)(C)c1ccc(NC(=O)CCc2ccc3c(c2)OCCO3)cc1.Cc1cccc(C(CC(=O)Nc2ccc3c(c2)OCCO3)c2ccc(C(C)(C)C)cc2)c1. The Morgan fingerprint density at radius 2 is 0.807 bits per heavy atom. The molecule has 2 unspecified atom stereocenters. The molecule has 4 heterocycles. The summed E-state index contributed by atoms with van der Waals surface area (Å²) >= 11 is 0. The summed E-state index contributed by atoms with van der Waals surface area (Å²) in [4.78, 5) is 42.5. The lowest BCUT2D eigenvalue weighted by atomic mass is 9.83. The summed E-state index contributed by atoms with van der Waals surface area (Å²) in [5.41, 5.74) is 13.0. The number of hydrogen-bond acceptors (Lipinski definition) is 10. The summed E-state index contributed by atoms with van der Waals surface area (Å²) in [6.07, 6.45) is 5.35. The van der Waals surface area contributed by atoms with Gasteiger partial charge in [0.1, 0.15) is 39.6 Å². The van der Waals surface area contributed by atoms with E-state index >= 15 is 0 Å². The number of aromatic nitrogens is 1. The van der Waals surface area contributed by atoms with Gasteiger partial charge in [0, 0.05) is 72.7 Å². The Kier molecular flexibility index (Phi) is 20.6. The number of amides is 3. The summed E-state index contributed by atoms with van der Waals surface area (Å²) in [5, 5.41) is 9.00. The predicted octanol–water partition coefficient (Wildman–Crippen LogP) is 15.9. The van der Waals surface area contributed by atoms with Crippen LogP contribution in [-0.4, -0.2) is 62.3 Å². The van der Waals surface area contributed by atoms with Crippen molar-refractivity contribution >= 4 is 34.8 Å². The Morgan fingerprint density at radius 3 is 1.25 bits per heavy atom. The standard InChI is InChI=1S/C28H31NO3.C26H28N2O3.C21H25NO3/c1-19-6-5-7-21(16-19)24(20-8-10-22(11-9-20)28(2,3)4)18-27(30)29-23-12-13-25-26(17-23)32-15-14-31-25;1-26(2,3)20-8-6-18(7-9-20)22(19-5-4-12-27-17-19)16-25(29)28-21-10-11-23-24(15-21)31-14-13-30-23;1-21(2,3)16-6-8-17(9-7-16)22-20(23)11-5-15-4-10-18-19(14-15)25-13-12-24-18/h5-13,16-17,24H,14-15,18H2,1-4H3,(H,29,30);4-12,15,17,22H,13-14,16H2,1-3H3,(H,28,29);4,6-10,14H,5,11-13H2,1-3H3,(H,22,23). The second-order valence-electron chi connectivity index (χ2n) is 25.6. The molecule has 88 heavy (non-hydrogen) atoms. The van der Waals surface area contributed by atoms with Crippen molar-refractivity contribution in [2.75, 3.05) is 55.6 Å². The van der Waals surface area contributed by atoms with Crippen LogP contribution < -0.4 is 44.4 Å². The van der Waals surface area contributed by atoms with E-state index < -0.39 is 0 Å². The third-order valence-electron chi connectivity index (χ3n) is 15.6. The molecule has 0 bridgehead atoms. The van der Waals surface area contributed by atoms with E-state index in [0.717, 1.165) is 45.0 Å². The molecule has 0 saturated heterocycles. The van der Waals surface area contributed by atoms with E-state index in [2.05, 4.69) is 175 Å². The Balaban J connectivity index is 0.000000158. The summed E-state index contributed by atoms with van der Waals surface area (Å²) in [6, 6.07) is 54.4. The van der Waals surface area contributed by atoms with Crippen molar-refractivity contribution in [3.05, 3.63) is 226 Å². The van der Waals surface area contributed by atoms with Gasteiger partial charge in [-0.2, -0.15) is 0 Å². The third kappa shape index (κ3) is 17.8. The van der Waals surface area contributed by atoms with Gasteiger partial charge in [-0.1, -0.05) is 165 Å². The van der Waals surface area contributed by atoms with Crippen molar-refractivity contribution in [3.63, 3.8) is 0 Å². The first-order chi connectivity index (χ1) is 42.1. The molecule has 3 amide bonds. The van der Waals surface area contributed by atoms with E-state index in [1.807, 2.05) is 85.1 Å². The highest BCUT2D eigenvalue weighted by atomic mass is 16.6. The third-order valence-corrected chi connectivity index (χ3v) is 15.6. The number of aryl methyl sites for hydroxylation is 2. The van der Waals surface area contributed by atoms with Gasteiger partial charge in [-0.25, -0.2) is 0 Å². The van der Waals surface area contributed by atoms with Gasteiger partial charge in [0.15, 0.2) is 34.5 Å². The minimum Gasteiger partial charge on any atom is -0.486 e. The summed E-state index contributed by atoms with van der Waals surface area (Å²) in [5.74, 6) is 4.09. The molecule has 3 aliphatic rings. The van der Waals surface area contributed by atoms with Crippen LogP contribution in [0.1, 0.15) is 143 Å². The molecule has 13 heteroatoms. The zero-order valence-corrected chi connectivity index (χ0v) is 52.6. The fourth-order valence-electron chi connectivity index (χ4n) is 10.6. The molecular formula is C75H84N4O9. The van der Waals surface area contributed by atoms with Crippen molar-refractivity contribution < 1.29 is 42.8 Å². The maximum atomic E-state index is 13.1. The highest BCUT2D eigenvalue weighted by Crippen LogP contribution is 2.38. The number of carbonyl (C=O) groups is 3. The first-order valence-corrected chi connectivity index (χ1v) is 30.5. The molecule has 3 N–H and O–H groups in total. The van der Waals surface area contributed by atoms with Crippen LogP contribution in [0.2, 0.25) is 0 Å². The van der Waals surface area contributed by atoms with E-state index in [-0.39, 0.29) is 45.8 Å².